The van der Waals surface area contributed by atoms with Gasteiger partial charge in [0.1, 0.15) is 11.6 Å². The van der Waals surface area contributed by atoms with E-state index in [1.165, 1.54) is 6.07 Å². The predicted octanol–water partition coefficient (Wildman–Crippen LogP) is 6.40. The van der Waals surface area contributed by atoms with Crippen LogP contribution in [0.2, 0.25) is 5.02 Å². The first-order valence-corrected chi connectivity index (χ1v) is 7.16. The third kappa shape index (κ3) is 7.65. The van der Waals surface area contributed by atoms with Crippen molar-refractivity contribution in [3.05, 3.63) is 34.4 Å². The van der Waals surface area contributed by atoms with Gasteiger partial charge in [0.15, 0.2) is 0 Å². The zero-order valence-electron chi connectivity index (χ0n) is 12.1. The Morgan fingerprint density at radius 3 is 2.06 bits per heavy atom. The summed E-state index contributed by atoms with van der Waals surface area (Å²) in [6, 6.07) is 2.12. The first kappa shape index (κ1) is 19.7. The average Bonchev–Trinajstić information content (AvgIpc) is 2.40. The molecule has 18 heavy (non-hydrogen) atoms. The van der Waals surface area contributed by atoms with E-state index in [1.54, 1.807) is 0 Å². The van der Waals surface area contributed by atoms with Crippen LogP contribution >= 0.6 is 11.6 Å². The van der Waals surface area contributed by atoms with Crippen LogP contribution in [0, 0.1) is 11.6 Å². The Labute approximate surface area is 115 Å². The number of halogens is 3. The summed E-state index contributed by atoms with van der Waals surface area (Å²) in [5.41, 5.74) is 0.567. The molecule has 0 fully saturated rings. The second-order valence-electron chi connectivity index (χ2n) is 3.32. The fourth-order valence-corrected chi connectivity index (χ4v) is 1.56. The summed E-state index contributed by atoms with van der Waals surface area (Å²) in [5, 5.41) is 0.0579. The highest BCUT2D eigenvalue weighted by Crippen LogP contribution is 2.23. The van der Waals surface area contributed by atoms with E-state index in [0.29, 0.717) is 12.0 Å². The Morgan fingerprint density at radius 2 is 1.56 bits per heavy atom. The molecule has 0 nitrogen and oxygen atoms in total. The third-order valence-corrected chi connectivity index (χ3v) is 2.54. The number of aryl methyl sites for hydroxylation is 1. The lowest BCUT2D eigenvalue weighted by molar-refractivity contribution is 0.578. The zero-order chi connectivity index (χ0) is 14.6. The quantitative estimate of drug-likeness (QED) is 0.441. The molecule has 106 valence electrons. The van der Waals surface area contributed by atoms with E-state index in [9.17, 15) is 8.78 Å². The molecule has 0 radical (unpaired) electrons. The normalized spacial score (nSPS) is 8.89. The Hall–Kier alpha value is -0.630. The van der Waals surface area contributed by atoms with Crippen LogP contribution in [0.15, 0.2) is 12.1 Å². The first-order valence-electron chi connectivity index (χ1n) is 6.78. The minimum atomic E-state index is -0.668. The van der Waals surface area contributed by atoms with Crippen LogP contribution in [0.4, 0.5) is 8.78 Å². The molecule has 3 heteroatoms. The van der Waals surface area contributed by atoms with Gasteiger partial charge < -0.3 is 0 Å². The fraction of sp³-hybridized carbons (Fsp3) is 0.600. The molecule has 0 atom stereocenters. The molecule has 0 saturated carbocycles. The largest absolute Gasteiger partial charge is 0.207 e. The standard InChI is InChI=1S/C11H13ClF2.2C2H6/c1-2-3-4-5-8-6-9(13)7-10(14)11(8)12;2*1-2/h6-7H,2-5H2,1H3;2*1-2H3. The summed E-state index contributed by atoms with van der Waals surface area (Å²) in [6.07, 6.45) is 3.68. The van der Waals surface area contributed by atoms with Crippen molar-refractivity contribution in [2.75, 3.05) is 0 Å². The molecule has 0 spiro atoms. The Kier molecular flexibility index (Phi) is 14.0. The minimum absolute atomic E-state index is 0.0579. The van der Waals surface area contributed by atoms with Crippen LogP contribution < -0.4 is 0 Å². The minimum Gasteiger partial charge on any atom is -0.207 e. The maximum atomic E-state index is 13.0. The summed E-state index contributed by atoms with van der Waals surface area (Å²) in [7, 11) is 0. The maximum Gasteiger partial charge on any atom is 0.144 e. The van der Waals surface area contributed by atoms with Crippen molar-refractivity contribution in [1.82, 2.24) is 0 Å². The van der Waals surface area contributed by atoms with Gasteiger partial charge in [-0.05, 0) is 24.5 Å². The molecule has 0 aliphatic carbocycles. The highest BCUT2D eigenvalue weighted by Gasteiger charge is 2.08. The SMILES string of the molecule is CC.CC.CCCCCc1cc(F)cc(F)c1Cl. The Bertz CT molecular complexity index is 312. The van der Waals surface area contributed by atoms with Gasteiger partial charge in [0.2, 0.25) is 0 Å². The van der Waals surface area contributed by atoms with Crippen LogP contribution in [-0.4, -0.2) is 0 Å². The van der Waals surface area contributed by atoms with Crippen LogP contribution in [-0.2, 0) is 6.42 Å². The predicted molar refractivity (Wildman–Crippen MR) is 77.3 cm³/mol. The van der Waals surface area contributed by atoms with Gasteiger partial charge in [-0.25, -0.2) is 8.78 Å². The van der Waals surface area contributed by atoms with Gasteiger partial charge in [0.25, 0.3) is 0 Å². The molecule has 0 aliphatic rings. The van der Waals surface area contributed by atoms with Crippen molar-refractivity contribution in [1.29, 1.82) is 0 Å². The van der Waals surface area contributed by atoms with E-state index in [1.807, 2.05) is 27.7 Å². The van der Waals surface area contributed by atoms with Crippen LogP contribution in [0.1, 0.15) is 59.4 Å². The van der Waals surface area contributed by atoms with E-state index in [4.69, 9.17) is 11.6 Å². The van der Waals surface area contributed by atoms with E-state index in [-0.39, 0.29) is 5.02 Å². The number of hydrogen-bond donors (Lipinski definition) is 0. The van der Waals surface area contributed by atoms with Gasteiger partial charge in [-0.15, -0.1) is 0 Å². The Morgan fingerprint density at radius 1 is 1.00 bits per heavy atom. The number of rotatable bonds is 4. The molecule has 0 unspecified atom stereocenters. The molecule has 0 aromatic heterocycles. The second-order valence-corrected chi connectivity index (χ2v) is 3.70. The molecule has 1 rings (SSSR count). The molecular formula is C15H25ClF2. The molecule has 1 aromatic carbocycles. The highest BCUT2D eigenvalue weighted by molar-refractivity contribution is 6.31. The summed E-state index contributed by atoms with van der Waals surface area (Å²) in [5.74, 6) is -1.23. The van der Waals surface area contributed by atoms with Crippen molar-refractivity contribution in [2.45, 2.75) is 60.3 Å². The van der Waals surface area contributed by atoms with Crippen molar-refractivity contribution in [3.8, 4) is 0 Å². The number of unbranched alkanes of at least 4 members (excludes halogenated alkanes) is 2. The van der Waals surface area contributed by atoms with Gasteiger partial charge in [0.05, 0.1) is 5.02 Å². The zero-order valence-corrected chi connectivity index (χ0v) is 12.9. The lowest BCUT2D eigenvalue weighted by atomic mass is 10.1. The van der Waals surface area contributed by atoms with Crippen LogP contribution in [0.5, 0.6) is 0 Å². The van der Waals surface area contributed by atoms with Crippen molar-refractivity contribution >= 4 is 11.6 Å². The van der Waals surface area contributed by atoms with Gasteiger partial charge >= 0.3 is 0 Å². The highest BCUT2D eigenvalue weighted by atomic mass is 35.5. The molecule has 0 bridgehead atoms. The third-order valence-electron chi connectivity index (χ3n) is 2.12. The molecule has 0 saturated heterocycles. The number of benzene rings is 1. The lowest BCUT2D eigenvalue weighted by Crippen LogP contribution is -1.92. The first-order chi connectivity index (χ1) is 8.65. The molecule has 1 aromatic rings. The summed E-state index contributed by atoms with van der Waals surface area (Å²) in [4.78, 5) is 0. The maximum absolute atomic E-state index is 13.0. The summed E-state index contributed by atoms with van der Waals surface area (Å²) < 4.78 is 25.8. The summed E-state index contributed by atoms with van der Waals surface area (Å²) in [6.45, 7) is 10.1. The Balaban J connectivity index is 0. The molecular weight excluding hydrogens is 254 g/mol. The molecule has 0 heterocycles. The fourth-order valence-electron chi connectivity index (χ4n) is 1.36. The van der Waals surface area contributed by atoms with Crippen LogP contribution in [0.3, 0.4) is 0 Å². The molecule has 0 amide bonds. The molecule has 0 N–H and O–H groups in total. The number of hydrogen-bond acceptors (Lipinski definition) is 0. The smallest absolute Gasteiger partial charge is 0.144 e. The van der Waals surface area contributed by atoms with Crippen molar-refractivity contribution < 1.29 is 8.78 Å². The summed E-state index contributed by atoms with van der Waals surface area (Å²) >= 11 is 5.70. The lowest BCUT2D eigenvalue weighted by Gasteiger charge is -2.04. The van der Waals surface area contributed by atoms with Gasteiger partial charge in [-0.2, -0.15) is 0 Å². The van der Waals surface area contributed by atoms with Gasteiger partial charge in [-0.1, -0.05) is 59.1 Å². The van der Waals surface area contributed by atoms with Gasteiger partial charge in [-0.3, -0.25) is 0 Å². The van der Waals surface area contributed by atoms with Crippen molar-refractivity contribution in [2.24, 2.45) is 0 Å². The van der Waals surface area contributed by atoms with E-state index >= 15 is 0 Å². The monoisotopic (exact) mass is 278 g/mol. The van der Waals surface area contributed by atoms with Crippen molar-refractivity contribution in [3.63, 3.8) is 0 Å². The molecule has 0 aliphatic heterocycles. The van der Waals surface area contributed by atoms with E-state index in [0.717, 1.165) is 25.3 Å². The second kappa shape index (κ2) is 12.8. The topological polar surface area (TPSA) is 0 Å². The van der Waals surface area contributed by atoms with Crippen LogP contribution in [0.25, 0.3) is 0 Å². The van der Waals surface area contributed by atoms with E-state index < -0.39 is 11.6 Å². The van der Waals surface area contributed by atoms with E-state index in [2.05, 4.69) is 6.92 Å². The average molecular weight is 279 g/mol. The van der Waals surface area contributed by atoms with Gasteiger partial charge in [0, 0.05) is 6.07 Å².